The third-order valence-corrected chi connectivity index (χ3v) is 5.73. The number of aromatic amines is 1. The minimum atomic E-state index is -3.28. The molecule has 7 nitrogen and oxygen atoms in total. The number of sulfonamides is 1. The molecule has 0 amide bonds. The molecule has 2 aliphatic rings. The normalized spacial score (nSPS) is 20.9. The Morgan fingerprint density at radius 2 is 2.12 bits per heavy atom. The SMILES string of the molecule is CS(=O)(=O)NC(C1CCCCC1)N1Cc2c(cnc3[nH]ccc23)N1. The minimum Gasteiger partial charge on any atom is -0.346 e. The van der Waals surface area contributed by atoms with Crippen molar-refractivity contribution in [2.24, 2.45) is 5.92 Å². The van der Waals surface area contributed by atoms with E-state index in [0.717, 1.165) is 48.0 Å². The van der Waals surface area contributed by atoms with E-state index in [4.69, 9.17) is 0 Å². The Labute approximate surface area is 141 Å². The van der Waals surface area contributed by atoms with Gasteiger partial charge in [0.25, 0.3) is 0 Å². The summed E-state index contributed by atoms with van der Waals surface area (Å²) in [4.78, 5) is 7.54. The Morgan fingerprint density at radius 3 is 2.88 bits per heavy atom. The number of nitrogens with one attached hydrogen (secondary N) is 3. The monoisotopic (exact) mass is 349 g/mol. The number of fused-ring (bicyclic) bond motifs is 3. The fourth-order valence-corrected chi connectivity index (χ4v) is 4.70. The molecule has 1 saturated carbocycles. The lowest BCUT2D eigenvalue weighted by Gasteiger charge is -2.36. The van der Waals surface area contributed by atoms with Crippen molar-refractivity contribution in [3.8, 4) is 0 Å². The van der Waals surface area contributed by atoms with Gasteiger partial charge in [-0.05, 0) is 24.8 Å². The Morgan fingerprint density at radius 1 is 1.33 bits per heavy atom. The summed E-state index contributed by atoms with van der Waals surface area (Å²) in [7, 11) is -3.28. The van der Waals surface area contributed by atoms with E-state index in [9.17, 15) is 8.42 Å². The number of hydrazine groups is 1. The van der Waals surface area contributed by atoms with E-state index >= 15 is 0 Å². The van der Waals surface area contributed by atoms with E-state index in [1.807, 2.05) is 23.5 Å². The van der Waals surface area contributed by atoms with Gasteiger partial charge in [-0.1, -0.05) is 19.3 Å². The van der Waals surface area contributed by atoms with Crippen molar-refractivity contribution in [2.75, 3.05) is 11.7 Å². The average Bonchev–Trinajstić information content (AvgIpc) is 3.18. The summed E-state index contributed by atoms with van der Waals surface area (Å²) in [5.41, 5.74) is 6.35. The highest BCUT2D eigenvalue weighted by molar-refractivity contribution is 7.88. The maximum Gasteiger partial charge on any atom is 0.210 e. The summed E-state index contributed by atoms with van der Waals surface area (Å²) in [6.45, 7) is 0.663. The largest absolute Gasteiger partial charge is 0.346 e. The van der Waals surface area contributed by atoms with Crippen LogP contribution in [0.1, 0.15) is 37.7 Å². The molecule has 0 bridgehead atoms. The van der Waals surface area contributed by atoms with Gasteiger partial charge in [-0.25, -0.2) is 18.4 Å². The molecular weight excluding hydrogens is 326 g/mol. The zero-order valence-electron chi connectivity index (χ0n) is 13.7. The second-order valence-corrected chi connectivity index (χ2v) is 8.64. The number of rotatable bonds is 4. The summed E-state index contributed by atoms with van der Waals surface area (Å²) in [6, 6.07) is 2.02. The Hall–Kier alpha value is -1.64. The second kappa shape index (κ2) is 6.02. The zero-order chi connectivity index (χ0) is 16.7. The molecule has 1 aliphatic carbocycles. The molecule has 1 atom stereocenters. The van der Waals surface area contributed by atoms with Crippen molar-refractivity contribution < 1.29 is 8.42 Å². The molecule has 0 saturated heterocycles. The third-order valence-electron chi connectivity index (χ3n) is 5.06. The first-order chi connectivity index (χ1) is 11.5. The van der Waals surface area contributed by atoms with Crippen LogP contribution < -0.4 is 10.1 Å². The maximum atomic E-state index is 11.9. The molecule has 8 heteroatoms. The fraction of sp³-hybridized carbons (Fsp3) is 0.562. The van der Waals surface area contributed by atoms with Crippen LogP contribution in [0.2, 0.25) is 0 Å². The lowest BCUT2D eigenvalue weighted by Crippen LogP contribution is -2.52. The predicted octanol–water partition coefficient (Wildman–Crippen LogP) is 2.16. The number of hydrogen-bond donors (Lipinski definition) is 3. The van der Waals surface area contributed by atoms with Gasteiger partial charge in [0, 0.05) is 23.7 Å². The van der Waals surface area contributed by atoms with E-state index in [-0.39, 0.29) is 6.17 Å². The summed E-state index contributed by atoms with van der Waals surface area (Å²) in [5.74, 6) is 0.324. The average molecular weight is 349 g/mol. The molecule has 0 spiro atoms. The zero-order valence-corrected chi connectivity index (χ0v) is 14.6. The number of pyridine rings is 1. The van der Waals surface area contributed by atoms with Crippen LogP contribution in [0.15, 0.2) is 18.5 Å². The lowest BCUT2D eigenvalue weighted by atomic mass is 9.87. The van der Waals surface area contributed by atoms with Crippen LogP contribution in [0.3, 0.4) is 0 Å². The van der Waals surface area contributed by atoms with E-state index in [1.165, 1.54) is 12.7 Å². The van der Waals surface area contributed by atoms with Crippen molar-refractivity contribution in [1.82, 2.24) is 19.7 Å². The topological polar surface area (TPSA) is 90.1 Å². The molecule has 0 aromatic carbocycles. The van der Waals surface area contributed by atoms with Gasteiger partial charge in [-0.3, -0.25) is 0 Å². The van der Waals surface area contributed by atoms with Crippen LogP contribution in [0.25, 0.3) is 11.0 Å². The van der Waals surface area contributed by atoms with Gasteiger partial charge < -0.3 is 10.4 Å². The smallest absolute Gasteiger partial charge is 0.210 e. The summed E-state index contributed by atoms with van der Waals surface area (Å²) in [6.07, 6.45) is 10.4. The Bertz CT molecular complexity index is 841. The summed E-state index contributed by atoms with van der Waals surface area (Å²) in [5, 5.41) is 3.11. The number of nitrogens with zero attached hydrogens (tertiary/aromatic N) is 2. The maximum absolute atomic E-state index is 11.9. The quantitative estimate of drug-likeness (QED) is 0.787. The Balaban J connectivity index is 1.63. The van der Waals surface area contributed by atoms with Gasteiger partial charge in [0.1, 0.15) is 5.65 Å². The predicted molar refractivity (Wildman–Crippen MR) is 93.6 cm³/mol. The summed E-state index contributed by atoms with van der Waals surface area (Å²) >= 11 is 0. The van der Waals surface area contributed by atoms with Crippen molar-refractivity contribution in [3.05, 3.63) is 24.0 Å². The third kappa shape index (κ3) is 3.01. The molecule has 130 valence electrons. The van der Waals surface area contributed by atoms with E-state index < -0.39 is 10.0 Å². The number of H-pyrrole nitrogens is 1. The van der Waals surface area contributed by atoms with E-state index in [1.54, 1.807) is 0 Å². The molecule has 24 heavy (non-hydrogen) atoms. The molecule has 0 radical (unpaired) electrons. The van der Waals surface area contributed by atoms with Crippen LogP contribution >= 0.6 is 0 Å². The first-order valence-corrected chi connectivity index (χ1v) is 10.4. The van der Waals surface area contributed by atoms with Crippen LogP contribution in [0.4, 0.5) is 5.69 Å². The van der Waals surface area contributed by atoms with E-state index in [2.05, 4.69) is 20.1 Å². The standard InChI is InChI=1S/C16H23N5O2S/c1-24(22,23)20-16(11-5-3-2-4-6-11)21-10-13-12-7-8-17-15(12)18-9-14(13)19-21/h7-9,11,16,19-20H,2-6,10H2,1H3,(H,17,18). The van der Waals surface area contributed by atoms with Crippen molar-refractivity contribution in [2.45, 2.75) is 44.8 Å². The highest BCUT2D eigenvalue weighted by Crippen LogP contribution is 2.35. The van der Waals surface area contributed by atoms with Crippen LogP contribution in [-0.2, 0) is 16.6 Å². The van der Waals surface area contributed by atoms with Crippen molar-refractivity contribution in [1.29, 1.82) is 0 Å². The lowest BCUT2D eigenvalue weighted by molar-refractivity contribution is 0.135. The van der Waals surface area contributed by atoms with Gasteiger partial charge in [0.2, 0.25) is 10.0 Å². The first-order valence-electron chi connectivity index (χ1n) is 8.47. The molecule has 1 aliphatic heterocycles. The Kier molecular flexibility index (Phi) is 3.98. The van der Waals surface area contributed by atoms with Crippen LogP contribution in [0.5, 0.6) is 0 Å². The highest BCUT2D eigenvalue weighted by atomic mass is 32.2. The van der Waals surface area contributed by atoms with Gasteiger partial charge in [-0.15, -0.1) is 0 Å². The molecule has 1 unspecified atom stereocenters. The van der Waals surface area contributed by atoms with Crippen molar-refractivity contribution in [3.63, 3.8) is 0 Å². The molecule has 3 N–H and O–H groups in total. The molecule has 1 fully saturated rings. The summed E-state index contributed by atoms with van der Waals surface area (Å²) < 4.78 is 26.7. The molecular formula is C16H23N5O2S. The number of aromatic nitrogens is 2. The van der Waals surface area contributed by atoms with Crippen molar-refractivity contribution >= 4 is 26.7 Å². The van der Waals surface area contributed by atoms with Gasteiger partial charge in [0.05, 0.1) is 24.3 Å². The van der Waals surface area contributed by atoms with Gasteiger partial charge in [0.15, 0.2) is 0 Å². The molecule has 4 rings (SSSR count). The molecule has 2 aromatic heterocycles. The second-order valence-electron chi connectivity index (χ2n) is 6.86. The fourth-order valence-electron chi connectivity index (χ4n) is 3.95. The van der Waals surface area contributed by atoms with Gasteiger partial charge >= 0.3 is 0 Å². The first kappa shape index (κ1) is 15.9. The highest BCUT2D eigenvalue weighted by Gasteiger charge is 2.35. The van der Waals surface area contributed by atoms with Crippen LogP contribution in [0, 0.1) is 5.92 Å². The van der Waals surface area contributed by atoms with Crippen LogP contribution in [-0.4, -0.2) is 35.8 Å². The molecule has 3 heterocycles. The minimum absolute atomic E-state index is 0.235. The number of hydrogen-bond acceptors (Lipinski definition) is 5. The van der Waals surface area contributed by atoms with E-state index in [0.29, 0.717) is 12.5 Å². The number of anilines is 1. The van der Waals surface area contributed by atoms with Gasteiger partial charge in [-0.2, -0.15) is 4.72 Å². The molecule has 2 aromatic rings.